The fourth-order valence-electron chi connectivity index (χ4n) is 4.65. The largest absolute Gasteiger partial charge is 0.306 e. The molecule has 1 nitrogen and oxygen atoms in total. The Morgan fingerprint density at radius 2 is 0.733 bits per heavy atom. The van der Waals surface area contributed by atoms with E-state index in [1.54, 1.807) is 0 Å². The van der Waals surface area contributed by atoms with Crippen LogP contribution in [0.25, 0.3) is 0 Å². The van der Waals surface area contributed by atoms with E-state index in [0.717, 1.165) is 0 Å². The van der Waals surface area contributed by atoms with E-state index in [9.17, 15) is 0 Å². The summed E-state index contributed by atoms with van der Waals surface area (Å²) in [5.74, 6) is 0. The van der Waals surface area contributed by atoms with Crippen LogP contribution in [0.2, 0.25) is 0 Å². The normalized spacial score (nSPS) is 12.2. The third kappa shape index (κ3) is 22.6. The van der Waals surface area contributed by atoms with Crippen LogP contribution in [-0.4, -0.2) is 25.0 Å². The summed E-state index contributed by atoms with van der Waals surface area (Å²) in [6.07, 6.45) is 30.1. The van der Waals surface area contributed by atoms with Gasteiger partial charge in [0, 0.05) is 0 Å². The maximum atomic E-state index is 2.56. The van der Waals surface area contributed by atoms with E-state index in [1.165, 1.54) is 148 Å². The molecule has 0 atom stereocenters. The van der Waals surface area contributed by atoms with Crippen LogP contribution in [0.4, 0.5) is 0 Å². The fraction of sp³-hybridized carbons (Fsp3) is 1.00. The Labute approximate surface area is 193 Å². The van der Waals surface area contributed by atoms with Crippen molar-refractivity contribution in [3.63, 3.8) is 0 Å². The molecule has 0 N–H and O–H groups in total. The Kier molecular flexibility index (Phi) is 22.1. The lowest BCUT2D eigenvalue weighted by molar-refractivity contribution is 0.281. The maximum absolute atomic E-state index is 2.56. The highest BCUT2D eigenvalue weighted by atomic mass is 15.1. The van der Waals surface area contributed by atoms with Gasteiger partial charge in [-0.15, -0.1) is 0 Å². The average molecular weight is 424 g/mol. The molecule has 0 unspecified atom stereocenters. The highest BCUT2D eigenvalue weighted by Crippen LogP contribution is 2.30. The molecule has 0 bridgehead atoms. The molecule has 0 aliphatic rings. The van der Waals surface area contributed by atoms with Crippen molar-refractivity contribution in [2.75, 3.05) is 20.1 Å². The molecule has 30 heavy (non-hydrogen) atoms. The smallest absolute Gasteiger partial charge is 0.00218 e. The van der Waals surface area contributed by atoms with Gasteiger partial charge in [-0.2, -0.15) is 0 Å². The summed E-state index contributed by atoms with van der Waals surface area (Å²) in [7, 11) is 2.32. The van der Waals surface area contributed by atoms with Gasteiger partial charge in [-0.1, -0.05) is 137 Å². The number of rotatable bonds is 24. The van der Waals surface area contributed by atoms with E-state index in [-0.39, 0.29) is 0 Å². The lowest BCUT2D eigenvalue weighted by Crippen LogP contribution is -2.20. The molecule has 0 fully saturated rings. The van der Waals surface area contributed by atoms with Crippen LogP contribution in [0.1, 0.15) is 163 Å². The highest BCUT2D eigenvalue weighted by Gasteiger charge is 2.16. The van der Waals surface area contributed by atoms with Gasteiger partial charge in [-0.05, 0) is 51.2 Å². The van der Waals surface area contributed by atoms with E-state index in [2.05, 4.69) is 39.6 Å². The van der Waals surface area contributed by atoms with Crippen LogP contribution in [0.3, 0.4) is 0 Å². The standard InChI is InChI=1S/C29H61N/c1-6-8-10-12-14-17-21-25-29(3,4)26-22-18-15-16-20-24-28-30(5)27-23-19-13-11-9-7-2/h6-28H2,1-5H3. The molecule has 0 heterocycles. The van der Waals surface area contributed by atoms with Gasteiger partial charge in [0.1, 0.15) is 0 Å². The zero-order chi connectivity index (χ0) is 22.3. The zero-order valence-electron chi connectivity index (χ0n) is 22.2. The topological polar surface area (TPSA) is 3.24 Å². The van der Waals surface area contributed by atoms with E-state index < -0.39 is 0 Å². The minimum atomic E-state index is 0.572. The third-order valence-corrected chi connectivity index (χ3v) is 6.99. The van der Waals surface area contributed by atoms with Crippen LogP contribution in [0, 0.1) is 5.41 Å². The van der Waals surface area contributed by atoms with Crippen molar-refractivity contribution < 1.29 is 0 Å². The van der Waals surface area contributed by atoms with Crippen molar-refractivity contribution in [1.29, 1.82) is 0 Å². The van der Waals surface area contributed by atoms with Crippen molar-refractivity contribution >= 4 is 0 Å². The number of hydrogen-bond donors (Lipinski definition) is 0. The van der Waals surface area contributed by atoms with E-state index in [4.69, 9.17) is 0 Å². The Bertz CT molecular complexity index is 322. The van der Waals surface area contributed by atoms with Gasteiger partial charge in [-0.25, -0.2) is 0 Å². The van der Waals surface area contributed by atoms with Gasteiger partial charge in [0.25, 0.3) is 0 Å². The lowest BCUT2D eigenvalue weighted by atomic mass is 9.82. The highest BCUT2D eigenvalue weighted by molar-refractivity contribution is 4.69. The summed E-state index contributed by atoms with van der Waals surface area (Å²) >= 11 is 0. The molecular weight excluding hydrogens is 362 g/mol. The second-order valence-corrected chi connectivity index (χ2v) is 11.0. The molecule has 0 saturated carbocycles. The first-order chi connectivity index (χ1) is 14.5. The quantitative estimate of drug-likeness (QED) is 0.139. The molecule has 0 spiro atoms. The molecule has 182 valence electrons. The van der Waals surface area contributed by atoms with Crippen LogP contribution < -0.4 is 0 Å². The van der Waals surface area contributed by atoms with Crippen molar-refractivity contribution in [3.05, 3.63) is 0 Å². The van der Waals surface area contributed by atoms with Crippen LogP contribution in [0.15, 0.2) is 0 Å². The summed E-state index contributed by atoms with van der Waals surface area (Å²) in [6, 6.07) is 0. The minimum Gasteiger partial charge on any atom is -0.306 e. The van der Waals surface area contributed by atoms with Gasteiger partial charge in [0.2, 0.25) is 0 Å². The summed E-state index contributed by atoms with van der Waals surface area (Å²) in [5.41, 5.74) is 0.572. The van der Waals surface area contributed by atoms with Crippen LogP contribution >= 0.6 is 0 Å². The third-order valence-electron chi connectivity index (χ3n) is 6.99. The SMILES string of the molecule is CCCCCCCCCC(C)(C)CCCCCCCCN(C)CCCCCCCC. The summed E-state index contributed by atoms with van der Waals surface area (Å²) in [6.45, 7) is 12.2. The zero-order valence-corrected chi connectivity index (χ0v) is 22.2. The molecule has 0 rings (SSSR count). The van der Waals surface area contributed by atoms with Gasteiger partial charge >= 0.3 is 0 Å². The first-order valence-electron chi connectivity index (χ1n) is 14.2. The maximum Gasteiger partial charge on any atom is -0.00218 e. The van der Waals surface area contributed by atoms with Crippen molar-refractivity contribution in [1.82, 2.24) is 4.90 Å². The van der Waals surface area contributed by atoms with E-state index >= 15 is 0 Å². The molecule has 0 aliphatic heterocycles. The van der Waals surface area contributed by atoms with Crippen LogP contribution in [0.5, 0.6) is 0 Å². The van der Waals surface area contributed by atoms with Gasteiger partial charge < -0.3 is 4.90 Å². The van der Waals surface area contributed by atoms with Gasteiger partial charge in [0.05, 0.1) is 0 Å². The second-order valence-electron chi connectivity index (χ2n) is 11.0. The number of hydrogen-bond acceptors (Lipinski definition) is 1. The second kappa shape index (κ2) is 22.2. The van der Waals surface area contributed by atoms with Gasteiger partial charge in [0.15, 0.2) is 0 Å². The predicted molar refractivity (Wildman–Crippen MR) is 140 cm³/mol. The summed E-state index contributed by atoms with van der Waals surface area (Å²) < 4.78 is 0. The summed E-state index contributed by atoms with van der Waals surface area (Å²) in [4.78, 5) is 2.56. The first-order valence-corrected chi connectivity index (χ1v) is 14.2. The monoisotopic (exact) mass is 423 g/mol. The molecule has 0 amide bonds. The molecule has 0 radical (unpaired) electrons. The lowest BCUT2D eigenvalue weighted by Gasteiger charge is -2.24. The Balaban J connectivity index is 3.38. The van der Waals surface area contributed by atoms with Crippen molar-refractivity contribution in [2.24, 2.45) is 5.41 Å². The summed E-state index contributed by atoms with van der Waals surface area (Å²) in [5, 5.41) is 0. The van der Waals surface area contributed by atoms with Gasteiger partial charge in [-0.3, -0.25) is 0 Å². The number of unbranched alkanes of at least 4 members (excludes halogenated alkanes) is 16. The van der Waals surface area contributed by atoms with E-state index in [1.807, 2.05) is 0 Å². The Hall–Kier alpha value is -0.0400. The Morgan fingerprint density at radius 1 is 0.433 bits per heavy atom. The molecule has 1 heteroatoms. The minimum absolute atomic E-state index is 0.572. The van der Waals surface area contributed by atoms with E-state index in [0.29, 0.717) is 5.41 Å². The molecule has 0 aromatic carbocycles. The Morgan fingerprint density at radius 3 is 1.10 bits per heavy atom. The average Bonchev–Trinajstić information content (AvgIpc) is 2.71. The fourth-order valence-corrected chi connectivity index (χ4v) is 4.65. The molecular formula is C29H61N. The molecule has 0 saturated heterocycles. The number of nitrogens with zero attached hydrogens (tertiary/aromatic N) is 1. The first kappa shape index (κ1) is 30.0. The van der Waals surface area contributed by atoms with Crippen LogP contribution in [-0.2, 0) is 0 Å². The van der Waals surface area contributed by atoms with Crippen molar-refractivity contribution in [2.45, 2.75) is 163 Å². The molecule has 0 aliphatic carbocycles. The molecule has 0 aromatic rings. The predicted octanol–water partition coefficient (Wildman–Crippen LogP) is 10.2. The van der Waals surface area contributed by atoms with Crippen molar-refractivity contribution in [3.8, 4) is 0 Å². The molecule has 0 aromatic heterocycles.